The van der Waals surface area contributed by atoms with E-state index in [9.17, 15) is 4.39 Å². The lowest BCUT2D eigenvalue weighted by Crippen LogP contribution is -2.29. The average molecular weight is 461 g/mol. The molecule has 3 aromatic rings. The van der Waals surface area contributed by atoms with Crippen LogP contribution in [0.5, 0.6) is 0 Å². The molecule has 3 rings (SSSR count). The average Bonchev–Trinajstić information content (AvgIpc) is 3.26. The number of nitrogens with one attached hydrogen (secondary N) is 1. The summed E-state index contributed by atoms with van der Waals surface area (Å²) in [4.78, 5) is 8.89. The first kappa shape index (κ1) is 24.9. The van der Waals surface area contributed by atoms with Crippen molar-refractivity contribution in [3.63, 3.8) is 0 Å². The molecule has 0 atom stereocenters. The quantitative estimate of drug-likeness (QED) is 0.419. The zero-order valence-corrected chi connectivity index (χ0v) is 20.4. The normalized spacial score (nSPS) is 11.5. The number of halogens is 1. The number of allylic oxidation sites excluding steroid dienone is 2. The van der Waals surface area contributed by atoms with Gasteiger partial charge in [-0.2, -0.15) is 5.10 Å². The smallest absolute Gasteiger partial charge is 0.128 e. The summed E-state index contributed by atoms with van der Waals surface area (Å²) in [5, 5.41) is 7.91. The van der Waals surface area contributed by atoms with E-state index >= 15 is 0 Å². The molecule has 0 saturated carbocycles. The first-order valence-corrected chi connectivity index (χ1v) is 11.2. The Morgan fingerprint density at radius 3 is 2.41 bits per heavy atom. The van der Waals surface area contributed by atoms with Crippen LogP contribution in [0.25, 0.3) is 17.3 Å². The summed E-state index contributed by atoms with van der Waals surface area (Å²) in [6.07, 6.45) is 7.41. The van der Waals surface area contributed by atoms with Crippen LogP contribution in [0.1, 0.15) is 23.7 Å². The second-order valence-electron chi connectivity index (χ2n) is 8.32. The molecule has 0 amide bonds. The van der Waals surface area contributed by atoms with Gasteiger partial charge in [-0.05, 0) is 63.0 Å². The van der Waals surface area contributed by atoms with Gasteiger partial charge in [0.15, 0.2) is 0 Å². The molecule has 0 aliphatic rings. The van der Waals surface area contributed by atoms with Crippen LogP contribution in [0.3, 0.4) is 0 Å². The van der Waals surface area contributed by atoms with Gasteiger partial charge < -0.3 is 15.1 Å². The predicted octanol–water partition coefficient (Wildman–Crippen LogP) is 4.75. The van der Waals surface area contributed by atoms with E-state index in [1.807, 2.05) is 32.3 Å². The topological polar surface area (TPSA) is 49.2 Å². The van der Waals surface area contributed by atoms with Crippen LogP contribution in [0, 0.1) is 5.82 Å². The van der Waals surface area contributed by atoms with Crippen molar-refractivity contribution in [2.24, 2.45) is 0 Å². The number of rotatable bonds is 11. The molecule has 1 aromatic carbocycles. The predicted molar refractivity (Wildman–Crippen MR) is 139 cm³/mol. The molecule has 1 N–H and O–H groups in total. The third-order valence-electron chi connectivity index (χ3n) is 5.56. The van der Waals surface area contributed by atoms with Crippen molar-refractivity contribution in [3.05, 3.63) is 96.4 Å². The molecule has 0 saturated heterocycles. The van der Waals surface area contributed by atoms with Gasteiger partial charge in [-0.3, -0.25) is 0 Å². The molecule has 6 nitrogen and oxygen atoms in total. The number of aromatic nitrogens is 3. The van der Waals surface area contributed by atoms with Crippen LogP contribution in [-0.4, -0.2) is 53.9 Å². The summed E-state index contributed by atoms with van der Waals surface area (Å²) in [6, 6.07) is 10.3. The maximum atomic E-state index is 13.3. The van der Waals surface area contributed by atoms with Crippen LogP contribution in [-0.2, 0) is 6.54 Å². The van der Waals surface area contributed by atoms with Crippen molar-refractivity contribution >= 4 is 17.5 Å². The van der Waals surface area contributed by atoms with Crippen molar-refractivity contribution in [2.45, 2.75) is 13.5 Å². The van der Waals surface area contributed by atoms with E-state index in [1.54, 1.807) is 29.1 Å². The Balaban J connectivity index is 1.69. The van der Waals surface area contributed by atoms with E-state index in [0.717, 1.165) is 52.7 Å². The summed E-state index contributed by atoms with van der Waals surface area (Å²) in [5.74, 6) is 0.660. The van der Waals surface area contributed by atoms with E-state index in [0.29, 0.717) is 6.54 Å². The minimum absolute atomic E-state index is 0.286. The number of likely N-dealkylation sites (N-methyl/N-ethyl adjacent to an activating group) is 2. The molecule has 0 aliphatic heterocycles. The second-order valence-corrected chi connectivity index (χ2v) is 8.32. The maximum absolute atomic E-state index is 13.3. The van der Waals surface area contributed by atoms with Gasteiger partial charge in [0.1, 0.15) is 11.6 Å². The van der Waals surface area contributed by atoms with Crippen molar-refractivity contribution in [1.29, 1.82) is 0 Å². The van der Waals surface area contributed by atoms with Gasteiger partial charge in [-0.1, -0.05) is 25.3 Å². The first-order valence-electron chi connectivity index (χ1n) is 11.2. The van der Waals surface area contributed by atoms with Gasteiger partial charge in [0.05, 0.1) is 17.6 Å². The number of hydrogen-bond donors (Lipinski definition) is 1. The molecule has 7 heteroatoms. The standard InChI is InChI=1S/C27H33FN6/c1-7-24(25-19-31-34(26(25)8-2)23-12-10-22(28)11-13-23)20(3)29-17-21-9-14-27(30-18-21)33(6)16-15-32(4)5/h7-14,18-19,29H,2-3,15-17H2,1,4-6H3/b24-7-. The van der Waals surface area contributed by atoms with Crippen LogP contribution in [0.15, 0.2) is 73.7 Å². The fraction of sp³-hybridized carbons (Fsp3) is 0.259. The molecular formula is C27H33FN6. The molecule has 0 bridgehead atoms. The Hall–Kier alpha value is -3.71. The Bertz CT molecular complexity index is 1140. The van der Waals surface area contributed by atoms with Crippen molar-refractivity contribution in [2.75, 3.05) is 39.1 Å². The summed E-state index contributed by atoms with van der Waals surface area (Å²) in [5.41, 5.74) is 5.24. The molecule has 34 heavy (non-hydrogen) atoms. The molecule has 178 valence electrons. The third-order valence-corrected chi connectivity index (χ3v) is 5.56. The molecule has 0 radical (unpaired) electrons. The van der Waals surface area contributed by atoms with Crippen LogP contribution in [0.4, 0.5) is 10.2 Å². The fourth-order valence-electron chi connectivity index (χ4n) is 3.56. The monoisotopic (exact) mass is 460 g/mol. The number of anilines is 1. The molecule has 2 heterocycles. The number of nitrogens with zero attached hydrogens (tertiary/aromatic N) is 5. The molecule has 0 unspecified atom stereocenters. The first-order chi connectivity index (χ1) is 16.3. The van der Waals surface area contributed by atoms with Gasteiger partial charge >= 0.3 is 0 Å². The van der Waals surface area contributed by atoms with E-state index in [-0.39, 0.29) is 5.82 Å². The highest BCUT2D eigenvalue weighted by atomic mass is 19.1. The van der Waals surface area contributed by atoms with E-state index in [1.165, 1.54) is 12.1 Å². The second kappa shape index (κ2) is 11.4. The number of benzene rings is 1. The zero-order valence-electron chi connectivity index (χ0n) is 20.4. The fourth-order valence-corrected chi connectivity index (χ4v) is 3.56. The summed E-state index contributed by atoms with van der Waals surface area (Å²) in [7, 11) is 6.18. The van der Waals surface area contributed by atoms with E-state index in [2.05, 4.69) is 58.5 Å². The summed E-state index contributed by atoms with van der Waals surface area (Å²) >= 11 is 0. The highest BCUT2D eigenvalue weighted by molar-refractivity contribution is 5.82. The van der Waals surface area contributed by atoms with Crippen LogP contribution >= 0.6 is 0 Å². The Kier molecular flexibility index (Phi) is 8.38. The lowest BCUT2D eigenvalue weighted by molar-refractivity contribution is 0.416. The SMILES string of the molecule is C=Cc1c(/C(=C\C)C(=C)NCc2ccc(N(C)CCN(C)C)nc2)cnn1-c1ccc(F)cc1. The van der Waals surface area contributed by atoms with Gasteiger partial charge in [-0.25, -0.2) is 14.1 Å². The highest BCUT2D eigenvalue weighted by Crippen LogP contribution is 2.27. The van der Waals surface area contributed by atoms with Crippen LogP contribution in [0.2, 0.25) is 0 Å². The Labute approximate surface area is 201 Å². The lowest BCUT2D eigenvalue weighted by Gasteiger charge is -2.20. The van der Waals surface area contributed by atoms with E-state index in [4.69, 9.17) is 0 Å². The molecule has 2 aromatic heterocycles. The zero-order chi connectivity index (χ0) is 24.7. The summed E-state index contributed by atoms with van der Waals surface area (Å²) in [6.45, 7) is 12.6. The molecule has 0 aliphatic carbocycles. The molecular weight excluding hydrogens is 427 g/mol. The minimum atomic E-state index is -0.286. The minimum Gasteiger partial charge on any atom is -0.381 e. The van der Waals surface area contributed by atoms with Gasteiger partial charge in [0.25, 0.3) is 0 Å². The highest BCUT2D eigenvalue weighted by Gasteiger charge is 2.15. The Morgan fingerprint density at radius 1 is 1.09 bits per heavy atom. The van der Waals surface area contributed by atoms with E-state index < -0.39 is 0 Å². The lowest BCUT2D eigenvalue weighted by atomic mass is 10.0. The maximum Gasteiger partial charge on any atom is 0.128 e. The van der Waals surface area contributed by atoms with Gasteiger partial charge in [0.2, 0.25) is 0 Å². The van der Waals surface area contributed by atoms with Gasteiger partial charge in [0, 0.05) is 49.7 Å². The summed E-state index contributed by atoms with van der Waals surface area (Å²) < 4.78 is 15.1. The van der Waals surface area contributed by atoms with Crippen LogP contribution < -0.4 is 10.2 Å². The van der Waals surface area contributed by atoms with Crippen molar-refractivity contribution < 1.29 is 4.39 Å². The number of pyridine rings is 1. The molecule has 0 fully saturated rings. The third kappa shape index (κ3) is 5.99. The molecule has 0 spiro atoms. The Morgan fingerprint density at radius 2 is 1.82 bits per heavy atom. The number of hydrogen-bond acceptors (Lipinski definition) is 5. The largest absolute Gasteiger partial charge is 0.381 e. The van der Waals surface area contributed by atoms with Crippen molar-refractivity contribution in [3.8, 4) is 5.69 Å². The van der Waals surface area contributed by atoms with Gasteiger partial charge in [-0.15, -0.1) is 0 Å². The van der Waals surface area contributed by atoms with Crippen molar-refractivity contribution in [1.82, 2.24) is 25.0 Å².